The average Bonchev–Trinajstić information content (AvgIpc) is 2.27. The van der Waals surface area contributed by atoms with E-state index >= 15 is 0 Å². The van der Waals surface area contributed by atoms with Gasteiger partial charge in [0.15, 0.2) is 0 Å². The first-order valence-electron chi connectivity index (χ1n) is 6.07. The Labute approximate surface area is 108 Å². The van der Waals surface area contributed by atoms with Crippen LogP contribution in [0.15, 0.2) is 12.1 Å². The van der Waals surface area contributed by atoms with E-state index in [-0.39, 0.29) is 23.9 Å². The molecule has 1 atom stereocenters. The van der Waals surface area contributed by atoms with Crippen LogP contribution in [0.5, 0.6) is 0 Å². The predicted octanol–water partition coefficient (Wildman–Crippen LogP) is 0.453. The van der Waals surface area contributed by atoms with Crippen LogP contribution in [0.25, 0.3) is 0 Å². The number of nitrogens with zero attached hydrogens (tertiary/aromatic N) is 1. The van der Waals surface area contributed by atoms with E-state index in [2.05, 4.69) is 0 Å². The SMILES string of the molecule is BC(C[N+](=O)[O-])c1c(C)ccc(CCCO)c1N. The summed E-state index contributed by atoms with van der Waals surface area (Å²) in [7, 11) is 1.82. The molecule has 0 aliphatic carbocycles. The van der Waals surface area contributed by atoms with Crippen molar-refractivity contribution in [2.24, 2.45) is 0 Å². The lowest BCUT2D eigenvalue weighted by atomic mass is 9.77. The van der Waals surface area contributed by atoms with E-state index < -0.39 is 0 Å². The second-order valence-electron chi connectivity index (χ2n) is 4.61. The van der Waals surface area contributed by atoms with Crippen molar-refractivity contribution in [3.63, 3.8) is 0 Å². The maximum absolute atomic E-state index is 10.6. The molecule has 1 aromatic carbocycles. The highest BCUT2D eigenvalue weighted by atomic mass is 16.6. The zero-order valence-electron chi connectivity index (χ0n) is 10.8. The topological polar surface area (TPSA) is 89.4 Å². The van der Waals surface area contributed by atoms with E-state index in [1.165, 1.54) is 0 Å². The van der Waals surface area contributed by atoms with Gasteiger partial charge in [0.1, 0.15) is 7.85 Å². The molecule has 5 nitrogen and oxygen atoms in total. The summed E-state index contributed by atoms with van der Waals surface area (Å²) < 4.78 is 0. The van der Waals surface area contributed by atoms with Crippen molar-refractivity contribution in [1.29, 1.82) is 0 Å². The van der Waals surface area contributed by atoms with Gasteiger partial charge < -0.3 is 10.8 Å². The minimum atomic E-state index is -0.316. The number of rotatable bonds is 6. The molecule has 98 valence electrons. The molecule has 18 heavy (non-hydrogen) atoms. The largest absolute Gasteiger partial charge is 0.398 e. The molecule has 0 spiro atoms. The lowest BCUT2D eigenvalue weighted by Crippen LogP contribution is -2.16. The van der Waals surface area contributed by atoms with Crippen LogP contribution in [-0.2, 0) is 6.42 Å². The number of aryl methyl sites for hydroxylation is 2. The van der Waals surface area contributed by atoms with Crippen molar-refractivity contribution in [1.82, 2.24) is 0 Å². The molecule has 0 saturated carbocycles. The van der Waals surface area contributed by atoms with Crippen LogP contribution >= 0.6 is 0 Å². The maximum Gasteiger partial charge on any atom is 0.203 e. The highest BCUT2D eigenvalue weighted by molar-refractivity contribution is 6.13. The molecule has 0 aromatic heterocycles. The summed E-state index contributed by atoms with van der Waals surface area (Å²) in [5.41, 5.74) is 9.54. The van der Waals surface area contributed by atoms with Gasteiger partial charge >= 0.3 is 0 Å². The van der Waals surface area contributed by atoms with E-state index in [0.717, 1.165) is 16.7 Å². The van der Waals surface area contributed by atoms with Gasteiger partial charge in [-0.2, -0.15) is 0 Å². The second kappa shape index (κ2) is 6.40. The summed E-state index contributed by atoms with van der Waals surface area (Å²) in [5.74, 6) is -0.200. The zero-order valence-corrected chi connectivity index (χ0v) is 10.8. The number of hydrogen-bond acceptors (Lipinski definition) is 4. The molecule has 0 bridgehead atoms. The number of anilines is 1. The number of hydrogen-bond donors (Lipinski definition) is 2. The molecule has 0 aliphatic rings. The third-order valence-electron chi connectivity index (χ3n) is 3.12. The van der Waals surface area contributed by atoms with Crippen LogP contribution in [-0.4, -0.2) is 31.0 Å². The molecule has 0 radical (unpaired) electrons. The van der Waals surface area contributed by atoms with Gasteiger partial charge in [-0.3, -0.25) is 10.1 Å². The van der Waals surface area contributed by atoms with E-state index in [1.54, 1.807) is 0 Å². The fourth-order valence-corrected chi connectivity index (χ4v) is 2.25. The molecule has 1 unspecified atom stereocenters. The first-order chi connectivity index (χ1) is 8.47. The molecule has 0 heterocycles. The molecular formula is C12H19BN2O3. The van der Waals surface area contributed by atoms with E-state index in [4.69, 9.17) is 10.8 Å². The number of aliphatic hydroxyl groups is 1. The van der Waals surface area contributed by atoms with Gasteiger partial charge in [-0.05, 0) is 36.5 Å². The van der Waals surface area contributed by atoms with Crippen LogP contribution in [0.2, 0.25) is 0 Å². The van der Waals surface area contributed by atoms with Crippen molar-refractivity contribution in [2.75, 3.05) is 18.9 Å². The van der Waals surface area contributed by atoms with Crippen molar-refractivity contribution in [3.8, 4) is 0 Å². The lowest BCUT2D eigenvalue weighted by molar-refractivity contribution is -0.480. The summed E-state index contributed by atoms with van der Waals surface area (Å²) in [6.45, 7) is 1.92. The van der Waals surface area contributed by atoms with Crippen LogP contribution in [0, 0.1) is 17.0 Å². The standard InChI is InChI=1S/C12H19BN2O3/c1-8-4-5-9(3-2-6-16)12(14)11(8)10(13)7-15(17)18/h4-5,10,16H,2-3,6-7,13-14H2,1H3. The first kappa shape index (κ1) is 14.5. The Hall–Kier alpha value is -1.56. The third kappa shape index (κ3) is 3.47. The van der Waals surface area contributed by atoms with Gasteiger partial charge in [0, 0.05) is 23.0 Å². The number of aliphatic hydroxyl groups excluding tert-OH is 1. The van der Waals surface area contributed by atoms with Gasteiger partial charge in [-0.15, -0.1) is 0 Å². The Morgan fingerprint density at radius 1 is 1.56 bits per heavy atom. The molecule has 0 aliphatic heterocycles. The Morgan fingerprint density at radius 2 is 2.22 bits per heavy atom. The minimum absolute atomic E-state index is 0.117. The zero-order chi connectivity index (χ0) is 13.7. The van der Waals surface area contributed by atoms with E-state index in [0.29, 0.717) is 18.5 Å². The fraction of sp³-hybridized carbons (Fsp3) is 0.500. The number of benzene rings is 1. The van der Waals surface area contributed by atoms with E-state index in [9.17, 15) is 10.1 Å². The van der Waals surface area contributed by atoms with Crippen LogP contribution in [0.1, 0.15) is 28.9 Å². The van der Waals surface area contributed by atoms with Gasteiger partial charge in [0.25, 0.3) is 0 Å². The fourth-order valence-electron chi connectivity index (χ4n) is 2.25. The summed E-state index contributed by atoms with van der Waals surface area (Å²) >= 11 is 0. The lowest BCUT2D eigenvalue weighted by Gasteiger charge is -2.17. The number of nitrogen functional groups attached to an aromatic ring is 1. The molecule has 0 fully saturated rings. The molecular weight excluding hydrogens is 231 g/mol. The summed E-state index contributed by atoms with van der Waals surface area (Å²) in [4.78, 5) is 10.3. The van der Waals surface area contributed by atoms with E-state index in [1.807, 2.05) is 26.9 Å². The quantitative estimate of drug-likeness (QED) is 0.332. The third-order valence-corrected chi connectivity index (χ3v) is 3.12. The Balaban J connectivity index is 3.05. The molecule has 6 heteroatoms. The average molecular weight is 250 g/mol. The number of nitrogens with two attached hydrogens (primary N) is 1. The van der Waals surface area contributed by atoms with Crippen LogP contribution in [0.3, 0.4) is 0 Å². The Kier molecular flexibility index (Phi) is 5.16. The monoisotopic (exact) mass is 250 g/mol. The van der Waals surface area contributed by atoms with Gasteiger partial charge in [0.05, 0.1) is 0 Å². The maximum atomic E-state index is 10.6. The smallest absolute Gasteiger partial charge is 0.203 e. The Morgan fingerprint density at radius 3 is 2.78 bits per heavy atom. The molecule has 0 saturated heterocycles. The minimum Gasteiger partial charge on any atom is -0.398 e. The highest BCUT2D eigenvalue weighted by Gasteiger charge is 2.18. The summed E-state index contributed by atoms with van der Waals surface area (Å²) in [5, 5.41) is 19.4. The number of nitro groups is 1. The van der Waals surface area contributed by atoms with Crippen molar-refractivity contribution in [2.45, 2.75) is 25.6 Å². The molecule has 1 rings (SSSR count). The highest BCUT2D eigenvalue weighted by Crippen LogP contribution is 2.28. The van der Waals surface area contributed by atoms with Crippen molar-refractivity contribution < 1.29 is 10.0 Å². The normalized spacial score (nSPS) is 12.3. The molecule has 0 amide bonds. The first-order valence-corrected chi connectivity index (χ1v) is 6.07. The van der Waals surface area contributed by atoms with Crippen molar-refractivity contribution >= 4 is 13.5 Å². The van der Waals surface area contributed by atoms with Crippen LogP contribution in [0.4, 0.5) is 5.69 Å². The van der Waals surface area contributed by atoms with Gasteiger partial charge in [-0.1, -0.05) is 12.1 Å². The second-order valence-corrected chi connectivity index (χ2v) is 4.61. The van der Waals surface area contributed by atoms with Gasteiger partial charge in [-0.25, -0.2) is 0 Å². The Bertz CT molecular complexity index is 438. The summed E-state index contributed by atoms with van der Waals surface area (Å²) in [6, 6.07) is 3.87. The summed E-state index contributed by atoms with van der Waals surface area (Å²) in [6.07, 6.45) is 1.34. The van der Waals surface area contributed by atoms with Crippen LogP contribution < -0.4 is 5.73 Å². The van der Waals surface area contributed by atoms with Crippen molar-refractivity contribution in [3.05, 3.63) is 38.9 Å². The predicted molar refractivity (Wildman–Crippen MR) is 74.1 cm³/mol. The van der Waals surface area contributed by atoms with Gasteiger partial charge in [0.2, 0.25) is 6.54 Å². The molecule has 1 aromatic rings. The molecule has 3 N–H and O–H groups in total.